The van der Waals surface area contributed by atoms with E-state index in [0.29, 0.717) is 41.0 Å². The van der Waals surface area contributed by atoms with E-state index >= 15 is 0 Å². The molecule has 0 spiro atoms. The predicted octanol–water partition coefficient (Wildman–Crippen LogP) is 5.51. The van der Waals surface area contributed by atoms with Crippen molar-refractivity contribution in [2.75, 3.05) is 18.1 Å². The number of aliphatic hydroxyl groups excluding tert-OH is 1. The number of Topliss-reactive ketones (excluding diaryl/α,β-unsaturated/α-hetero) is 1. The van der Waals surface area contributed by atoms with Gasteiger partial charge in [0.2, 0.25) is 0 Å². The third kappa shape index (κ3) is 5.12. The largest absolute Gasteiger partial charge is 0.507 e. The first-order valence-electron chi connectivity index (χ1n) is 11.3. The van der Waals surface area contributed by atoms with Gasteiger partial charge >= 0.3 is 5.91 Å². The summed E-state index contributed by atoms with van der Waals surface area (Å²) < 4.78 is 11.3. The van der Waals surface area contributed by atoms with Crippen LogP contribution in [0.15, 0.2) is 78.3 Å². The van der Waals surface area contributed by atoms with Crippen LogP contribution in [0.4, 0.5) is 5.13 Å². The van der Waals surface area contributed by atoms with Crippen molar-refractivity contribution in [3.8, 4) is 11.5 Å². The monoisotopic (exact) mass is 490 g/mol. The van der Waals surface area contributed by atoms with Crippen molar-refractivity contribution in [2.24, 2.45) is 0 Å². The molecule has 0 bridgehead atoms. The number of anilines is 1. The second-order valence-electron chi connectivity index (χ2n) is 7.88. The van der Waals surface area contributed by atoms with Gasteiger partial charge in [-0.15, -0.1) is 11.3 Å². The average molecular weight is 491 g/mol. The van der Waals surface area contributed by atoms with E-state index in [9.17, 15) is 14.7 Å². The minimum Gasteiger partial charge on any atom is -0.507 e. The molecule has 1 aliphatic heterocycles. The smallest absolute Gasteiger partial charge is 0.301 e. The fourth-order valence-corrected chi connectivity index (χ4v) is 4.47. The maximum absolute atomic E-state index is 13.2. The molecule has 0 saturated carbocycles. The van der Waals surface area contributed by atoms with E-state index in [4.69, 9.17) is 9.47 Å². The molecule has 4 rings (SSSR count). The van der Waals surface area contributed by atoms with Gasteiger partial charge in [-0.25, -0.2) is 4.98 Å². The Morgan fingerprint density at radius 3 is 2.66 bits per heavy atom. The van der Waals surface area contributed by atoms with Gasteiger partial charge in [0.05, 0.1) is 18.2 Å². The molecule has 0 radical (unpaired) electrons. The summed E-state index contributed by atoms with van der Waals surface area (Å²) in [6.45, 7) is 6.62. The molecule has 1 atom stereocenters. The van der Waals surface area contributed by atoms with Gasteiger partial charge in [0.1, 0.15) is 23.9 Å². The lowest BCUT2D eigenvalue weighted by atomic mass is 9.95. The SMILES string of the molecule is C=CCOc1ccc(C2/C(=C(\O)c3cccc(OCCCC)c3)C(=O)C(=O)N2c2nccs2)cc1. The molecule has 2 aromatic carbocycles. The number of rotatable bonds is 10. The highest BCUT2D eigenvalue weighted by Crippen LogP contribution is 2.43. The number of aromatic nitrogens is 1. The summed E-state index contributed by atoms with van der Waals surface area (Å²) in [5.74, 6) is -0.574. The third-order valence-electron chi connectivity index (χ3n) is 5.51. The van der Waals surface area contributed by atoms with Crippen molar-refractivity contribution in [3.63, 3.8) is 0 Å². The van der Waals surface area contributed by atoms with Crippen molar-refractivity contribution in [1.29, 1.82) is 0 Å². The molecular formula is C27H26N2O5S. The van der Waals surface area contributed by atoms with E-state index in [-0.39, 0.29) is 11.3 Å². The molecule has 1 aliphatic rings. The zero-order valence-corrected chi connectivity index (χ0v) is 20.2. The van der Waals surface area contributed by atoms with Gasteiger partial charge < -0.3 is 14.6 Å². The number of hydrogen-bond acceptors (Lipinski definition) is 7. The Morgan fingerprint density at radius 1 is 1.17 bits per heavy atom. The Labute approximate surface area is 208 Å². The molecule has 1 saturated heterocycles. The van der Waals surface area contributed by atoms with Crippen LogP contribution in [0, 0.1) is 0 Å². The van der Waals surface area contributed by atoms with Crippen LogP contribution in [0.2, 0.25) is 0 Å². The van der Waals surface area contributed by atoms with Crippen molar-refractivity contribution in [1.82, 2.24) is 4.98 Å². The van der Waals surface area contributed by atoms with E-state index in [1.165, 1.54) is 16.2 Å². The summed E-state index contributed by atoms with van der Waals surface area (Å²) in [4.78, 5) is 31.9. The highest BCUT2D eigenvalue weighted by Gasteiger charge is 2.48. The van der Waals surface area contributed by atoms with Crippen LogP contribution in [0.3, 0.4) is 0 Å². The second kappa shape index (κ2) is 11.0. The first kappa shape index (κ1) is 24.2. The van der Waals surface area contributed by atoms with Crippen molar-refractivity contribution in [2.45, 2.75) is 25.8 Å². The normalized spacial score (nSPS) is 16.9. The summed E-state index contributed by atoms with van der Waals surface area (Å²) in [7, 11) is 0. The maximum Gasteiger partial charge on any atom is 0.301 e. The molecule has 7 nitrogen and oxygen atoms in total. The van der Waals surface area contributed by atoms with Gasteiger partial charge in [0.15, 0.2) is 5.13 Å². The topological polar surface area (TPSA) is 89.0 Å². The van der Waals surface area contributed by atoms with E-state index in [0.717, 1.165) is 12.8 Å². The Balaban J connectivity index is 1.78. The molecule has 8 heteroatoms. The van der Waals surface area contributed by atoms with Crippen molar-refractivity contribution < 1.29 is 24.2 Å². The number of thiazole rings is 1. The molecule has 35 heavy (non-hydrogen) atoms. The molecule has 1 N–H and O–H groups in total. The van der Waals surface area contributed by atoms with Gasteiger partial charge in [-0.3, -0.25) is 14.5 Å². The van der Waals surface area contributed by atoms with Crippen LogP contribution in [-0.4, -0.2) is 35.0 Å². The Hall–Kier alpha value is -3.91. The first-order chi connectivity index (χ1) is 17.0. The quantitative estimate of drug-likeness (QED) is 0.132. The molecule has 1 amide bonds. The van der Waals surface area contributed by atoms with Gasteiger partial charge in [0, 0.05) is 17.1 Å². The summed E-state index contributed by atoms with van der Waals surface area (Å²) >= 11 is 1.24. The number of benzene rings is 2. The molecule has 2 heterocycles. The zero-order chi connectivity index (χ0) is 24.8. The lowest BCUT2D eigenvalue weighted by molar-refractivity contribution is -0.132. The van der Waals surface area contributed by atoms with Gasteiger partial charge in [-0.05, 0) is 36.2 Å². The fraction of sp³-hybridized carbons (Fsp3) is 0.222. The summed E-state index contributed by atoms with van der Waals surface area (Å²) in [5, 5.41) is 13.4. The van der Waals surface area contributed by atoms with Crippen molar-refractivity contribution >= 4 is 33.9 Å². The molecule has 0 aliphatic carbocycles. The van der Waals surface area contributed by atoms with Gasteiger partial charge in [-0.1, -0.05) is 50.3 Å². The van der Waals surface area contributed by atoms with Crippen molar-refractivity contribution in [3.05, 3.63) is 89.5 Å². The Kier molecular flexibility index (Phi) is 7.62. The van der Waals surface area contributed by atoms with Gasteiger partial charge in [-0.2, -0.15) is 0 Å². The number of unbranched alkanes of at least 4 members (excludes halogenated alkanes) is 1. The van der Waals surface area contributed by atoms with Crippen LogP contribution < -0.4 is 14.4 Å². The number of carbonyl (C=O) groups excluding carboxylic acids is 2. The molecule has 180 valence electrons. The number of ether oxygens (including phenoxy) is 2. The third-order valence-corrected chi connectivity index (χ3v) is 6.28. The van der Waals surface area contributed by atoms with Crippen LogP contribution in [0.25, 0.3) is 5.76 Å². The molecule has 1 aromatic heterocycles. The molecule has 3 aromatic rings. The number of aliphatic hydroxyl groups is 1. The molecular weight excluding hydrogens is 464 g/mol. The van der Waals surface area contributed by atoms with Crippen LogP contribution in [-0.2, 0) is 9.59 Å². The zero-order valence-electron chi connectivity index (χ0n) is 19.3. The maximum atomic E-state index is 13.2. The molecule has 1 unspecified atom stereocenters. The van der Waals surface area contributed by atoms with Gasteiger partial charge in [0.25, 0.3) is 5.78 Å². The number of hydrogen-bond donors (Lipinski definition) is 1. The highest BCUT2D eigenvalue weighted by molar-refractivity contribution is 7.14. The number of amides is 1. The van der Waals surface area contributed by atoms with E-state index in [2.05, 4.69) is 18.5 Å². The Morgan fingerprint density at radius 2 is 1.97 bits per heavy atom. The predicted molar refractivity (Wildman–Crippen MR) is 136 cm³/mol. The minimum absolute atomic E-state index is 0.00401. The lowest BCUT2D eigenvalue weighted by Crippen LogP contribution is -2.29. The van der Waals surface area contributed by atoms with E-state index < -0.39 is 17.7 Å². The Bertz CT molecular complexity index is 1230. The summed E-state index contributed by atoms with van der Waals surface area (Å²) in [5.41, 5.74) is 1.03. The fourth-order valence-electron chi connectivity index (χ4n) is 3.80. The molecule has 1 fully saturated rings. The summed E-state index contributed by atoms with van der Waals surface area (Å²) in [6, 6.07) is 13.1. The van der Waals surface area contributed by atoms with E-state index in [1.54, 1.807) is 66.2 Å². The number of ketones is 1. The van der Waals surface area contributed by atoms with E-state index in [1.807, 2.05) is 0 Å². The second-order valence-corrected chi connectivity index (χ2v) is 8.76. The lowest BCUT2D eigenvalue weighted by Gasteiger charge is -2.23. The first-order valence-corrected chi connectivity index (χ1v) is 12.2. The summed E-state index contributed by atoms with van der Waals surface area (Å²) in [6.07, 6.45) is 5.12. The number of nitrogens with zero attached hydrogens (tertiary/aromatic N) is 2. The average Bonchev–Trinajstić information content (AvgIpc) is 3.50. The minimum atomic E-state index is -0.848. The van der Waals surface area contributed by atoms with Crippen LogP contribution in [0.5, 0.6) is 11.5 Å². The number of carbonyl (C=O) groups is 2. The van der Waals surface area contributed by atoms with Crippen LogP contribution >= 0.6 is 11.3 Å². The standard InChI is InChI=1S/C27H26N2O5S/c1-3-5-15-34-21-8-6-7-19(17-21)24(30)22-23(18-9-11-20(12-10-18)33-14-4-2)29(26(32)25(22)31)27-28-13-16-35-27/h4,6-13,16-17,23,30H,2-3,5,14-15H2,1H3/b24-22+. The highest BCUT2D eigenvalue weighted by atomic mass is 32.1. The van der Waals surface area contributed by atoms with Crippen LogP contribution in [0.1, 0.15) is 36.9 Å².